The minimum absolute atomic E-state index is 0.0331. The Morgan fingerprint density at radius 3 is 1.85 bits per heavy atom. The third-order valence-corrected chi connectivity index (χ3v) is 3.69. The van der Waals surface area contributed by atoms with E-state index in [0.717, 1.165) is 13.0 Å². The maximum absolute atomic E-state index is 14.0. The fourth-order valence-electron chi connectivity index (χ4n) is 2.29. The molecule has 0 fully saturated rings. The van der Waals surface area contributed by atoms with E-state index in [4.69, 9.17) is 0 Å². The predicted molar refractivity (Wildman–Crippen MR) is 80.5 cm³/mol. The summed E-state index contributed by atoms with van der Waals surface area (Å²) in [4.78, 5) is 12.0. The van der Waals surface area contributed by atoms with Gasteiger partial charge in [0, 0.05) is 16.8 Å². The Bertz CT molecular complexity index is 783. The summed E-state index contributed by atoms with van der Waals surface area (Å²) in [5, 5.41) is 2.36. The van der Waals surface area contributed by atoms with E-state index >= 15 is 0 Å². The fourth-order valence-corrected chi connectivity index (χ4v) is 2.29. The van der Waals surface area contributed by atoms with Gasteiger partial charge in [-0.25, -0.2) is 4.39 Å². The smallest absolute Gasteiger partial charge is 0.322 e. The maximum Gasteiger partial charge on any atom is 0.435 e. The Labute approximate surface area is 143 Å². The van der Waals surface area contributed by atoms with E-state index in [2.05, 4.69) is 5.32 Å². The van der Waals surface area contributed by atoms with Crippen molar-refractivity contribution in [2.75, 3.05) is 5.32 Å². The summed E-state index contributed by atoms with van der Waals surface area (Å²) in [7, 11) is 0. The van der Waals surface area contributed by atoms with E-state index in [0.29, 0.717) is 12.1 Å². The molecule has 0 aromatic heterocycles. The Morgan fingerprint density at radius 1 is 0.846 bits per heavy atom. The zero-order valence-corrected chi connectivity index (χ0v) is 13.2. The summed E-state index contributed by atoms with van der Waals surface area (Å²) < 4.78 is 90.7. The first-order valence-electron chi connectivity index (χ1n) is 7.18. The molecule has 0 aliphatic rings. The molecule has 0 aliphatic heterocycles. The molecule has 0 heterocycles. The number of aryl methyl sites for hydroxylation is 1. The molecule has 0 spiro atoms. The average molecular weight is 379 g/mol. The highest BCUT2D eigenvalue weighted by Gasteiger charge is 2.73. The van der Waals surface area contributed by atoms with Crippen LogP contribution in [0.3, 0.4) is 0 Å². The molecule has 26 heavy (non-hydrogen) atoms. The van der Waals surface area contributed by atoms with Crippen LogP contribution >= 0.6 is 0 Å². The summed E-state index contributed by atoms with van der Waals surface area (Å²) in [5.41, 5.74) is -7.06. The lowest BCUT2D eigenvalue weighted by Gasteiger charge is -2.30. The van der Waals surface area contributed by atoms with E-state index < -0.39 is 29.5 Å². The topological polar surface area (TPSA) is 29.1 Å². The molecule has 2 aromatic rings. The van der Waals surface area contributed by atoms with Gasteiger partial charge in [0.15, 0.2) is 0 Å². The highest BCUT2D eigenvalue weighted by Crippen LogP contribution is 2.53. The minimum Gasteiger partial charge on any atom is -0.322 e. The number of carbonyl (C=O) groups is 1. The second-order valence-electron chi connectivity index (χ2n) is 5.50. The molecule has 1 N–H and O–H groups in total. The quantitative estimate of drug-likeness (QED) is 0.698. The molecule has 0 atom stereocenters. The molecular formula is C17H12F7NO. The summed E-state index contributed by atoms with van der Waals surface area (Å²) in [6.07, 6.45) is -12.4. The predicted octanol–water partition coefficient (Wildman–Crippen LogP) is 5.54. The van der Waals surface area contributed by atoms with E-state index in [9.17, 15) is 35.5 Å². The van der Waals surface area contributed by atoms with Crippen LogP contribution in [0.1, 0.15) is 21.5 Å². The molecule has 9 heteroatoms. The number of hydrogen-bond donors (Lipinski definition) is 1. The highest BCUT2D eigenvalue weighted by molar-refractivity contribution is 6.04. The zero-order valence-electron chi connectivity index (χ0n) is 13.2. The zero-order chi connectivity index (χ0) is 19.8. The van der Waals surface area contributed by atoms with Gasteiger partial charge in [0.05, 0.1) is 0 Å². The van der Waals surface area contributed by atoms with Crippen LogP contribution < -0.4 is 5.32 Å². The SMILES string of the molecule is Cc1cc(C(F)(C(F)(F)F)C(F)(F)F)ccc1NC(=O)c1ccccc1. The first-order chi connectivity index (χ1) is 11.9. The van der Waals surface area contributed by atoms with E-state index in [-0.39, 0.29) is 16.8 Å². The summed E-state index contributed by atoms with van der Waals surface area (Å²) in [6.45, 7) is 1.16. The molecule has 2 rings (SSSR count). The van der Waals surface area contributed by atoms with Crippen LogP contribution in [-0.4, -0.2) is 18.3 Å². The molecule has 2 aromatic carbocycles. The van der Waals surface area contributed by atoms with Gasteiger partial charge < -0.3 is 5.32 Å². The van der Waals surface area contributed by atoms with Gasteiger partial charge in [-0.2, -0.15) is 26.3 Å². The summed E-state index contributed by atoms with van der Waals surface area (Å²) >= 11 is 0. The van der Waals surface area contributed by atoms with Gasteiger partial charge in [-0.1, -0.05) is 30.3 Å². The number of nitrogens with one attached hydrogen (secondary N) is 1. The van der Waals surface area contributed by atoms with Gasteiger partial charge >= 0.3 is 18.0 Å². The van der Waals surface area contributed by atoms with Crippen LogP contribution in [0, 0.1) is 6.92 Å². The summed E-state index contributed by atoms with van der Waals surface area (Å²) in [5.74, 6) is -0.611. The number of alkyl halides is 7. The first-order valence-corrected chi connectivity index (χ1v) is 7.18. The Morgan fingerprint density at radius 2 is 1.38 bits per heavy atom. The third kappa shape index (κ3) is 3.51. The Hall–Kier alpha value is -2.58. The van der Waals surface area contributed by atoms with Crippen LogP contribution in [0.15, 0.2) is 48.5 Å². The molecule has 2 nitrogen and oxygen atoms in total. The highest BCUT2D eigenvalue weighted by atomic mass is 19.4. The number of rotatable bonds is 3. The van der Waals surface area contributed by atoms with E-state index in [1.54, 1.807) is 18.2 Å². The van der Waals surface area contributed by atoms with Gasteiger partial charge in [-0.15, -0.1) is 0 Å². The number of halogens is 7. The number of carbonyl (C=O) groups excluding carboxylic acids is 1. The molecule has 0 radical (unpaired) electrons. The molecule has 0 aliphatic carbocycles. The van der Waals surface area contributed by atoms with Crippen molar-refractivity contribution in [1.29, 1.82) is 0 Å². The van der Waals surface area contributed by atoms with Gasteiger partial charge in [0.1, 0.15) is 0 Å². The third-order valence-electron chi connectivity index (χ3n) is 3.69. The Balaban J connectivity index is 2.39. The molecule has 1 amide bonds. The monoisotopic (exact) mass is 379 g/mol. The first kappa shape index (κ1) is 19.7. The van der Waals surface area contributed by atoms with Crippen molar-refractivity contribution in [3.05, 3.63) is 65.2 Å². The lowest BCUT2D eigenvalue weighted by molar-refractivity contribution is -0.348. The number of benzene rings is 2. The normalized spacial score (nSPS) is 12.8. The molecule has 140 valence electrons. The van der Waals surface area contributed by atoms with Crippen LogP contribution in [0.4, 0.5) is 36.4 Å². The van der Waals surface area contributed by atoms with Crippen LogP contribution in [0.5, 0.6) is 0 Å². The molecule has 0 saturated carbocycles. The minimum atomic E-state index is -6.19. The van der Waals surface area contributed by atoms with Crippen molar-refractivity contribution in [2.24, 2.45) is 0 Å². The van der Waals surface area contributed by atoms with Crippen molar-refractivity contribution in [1.82, 2.24) is 0 Å². The molecule has 0 unspecified atom stereocenters. The fraction of sp³-hybridized carbons (Fsp3) is 0.235. The van der Waals surface area contributed by atoms with Crippen molar-refractivity contribution in [3.63, 3.8) is 0 Å². The standard InChI is InChI=1S/C17H12F7NO/c1-10-9-12(15(18,16(19,20)21)17(22,23)24)7-8-13(10)25-14(26)11-5-3-2-4-6-11/h2-9H,1H3,(H,25,26). The van der Waals surface area contributed by atoms with Crippen LogP contribution in [-0.2, 0) is 5.67 Å². The largest absolute Gasteiger partial charge is 0.435 e. The maximum atomic E-state index is 14.0. The van der Waals surface area contributed by atoms with Gasteiger partial charge in [0.2, 0.25) is 0 Å². The molecule has 0 saturated heterocycles. The number of amides is 1. The van der Waals surface area contributed by atoms with Crippen molar-refractivity contribution >= 4 is 11.6 Å². The van der Waals surface area contributed by atoms with Crippen LogP contribution in [0.25, 0.3) is 0 Å². The van der Waals surface area contributed by atoms with E-state index in [1.807, 2.05) is 0 Å². The molecular weight excluding hydrogens is 367 g/mol. The van der Waals surface area contributed by atoms with Gasteiger partial charge in [-0.05, 0) is 30.7 Å². The lowest BCUT2D eigenvalue weighted by atomic mass is 9.92. The average Bonchev–Trinajstić information content (AvgIpc) is 2.54. The van der Waals surface area contributed by atoms with Crippen molar-refractivity contribution in [3.8, 4) is 0 Å². The summed E-state index contributed by atoms with van der Waals surface area (Å²) in [6, 6.07) is 9.33. The Kier molecular flexibility index (Phi) is 5.03. The second kappa shape index (κ2) is 6.62. The molecule has 0 bridgehead atoms. The van der Waals surface area contributed by atoms with Crippen molar-refractivity contribution in [2.45, 2.75) is 24.9 Å². The number of anilines is 1. The second-order valence-corrected chi connectivity index (χ2v) is 5.50. The van der Waals surface area contributed by atoms with E-state index in [1.165, 1.54) is 12.1 Å². The van der Waals surface area contributed by atoms with Gasteiger partial charge in [-0.3, -0.25) is 4.79 Å². The lowest BCUT2D eigenvalue weighted by Crippen LogP contribution is -2.50. The number of hydrogen-bond acceptors (Lipinski definition) is 1. The van der Waals surface area contributed by atoms with Crippen molar-refractivity contribution < 1.29 is 35.5 Å². The van der Waals surface area contributed by atoms with Gasteiger partial charge in [0.25, 0.3) is 5.91 Å². The van der Waals surface area contributed by atoms with Crippen LogP contribution in [0.2, 0.25) is 0 Å².